The maximum Gasteiger partial charge on any atom is 0.0496 e. The van der Waals surface area contributed by atoms with Crippen LogP contribution in [-0.2, 0) is 4.74 Å². The van der Waals surface area contributed by atoms with Gasteiger partial charge in [0, 0.05) is 26.1 Å². The largest absolute Gasteiger partial charge is 0.384 e. The first-order valence-electron chi connectivity index (χ1n) is 8.28. The van der Waals surface area contributed by atoms with E-state index in [1.807, 2.05) is 38.4 Å². The Labute approximate surface area is 136 Å². The number of allylic oxidation sites excluding steroid dienone is 5. The molecule has 0 fully saturated rings. The molecule has 122 valence electrons. The van der Waals surface area contributed by atoms with Crippen molar-refractivity contribution in [3.63, 3.8) is 0 Å². The van der Waals surface area contributed by atoms with Gasteiger partial charge in [0.15, 0.2) is 0 Å². The smallest absolute Gasteiger partial charge is 0.0496 e. The monoisotopic (exact) mass is 301 g/mol. The van der Waals surface area contributed by atoms with Crippen LogP contribution in [0.4, 0.5) is 0 Å². The number of ether oxygens (including phenoxy) is 1. The molecule has 0 saturated carbocycles. The van der Waals surface area contributed by atoms with Gasteiger partial charge in [0.1, 0.15) is 0 Å². The Morgan fingerprint density at radius 3 is 2.27 bits per heavy atom. The van der Waals surface area contributed by atoms with Gasteiger partial charge in [-0.15, -0.1) is 0 Å². The van der Waals surface area contributed by atoms with Crippen molar-refractivity contribution in [2.45, 2.75) is 47.0 Å². The molecule has 0 atom stereocenters. The van der Waals surface area contributed by atoms with E-state index < -0.39 is 0 Å². The van der Waals surface area contributed by atoms with Crippen molar-refractivity contribution in [3.8, 4) is 0 Å². The van der Waals surface area contributed by atoms with Crippen LogP contribution < -0.4 is 0 Å². The van der Waals surface area contributed by atoms with Crippen LogP contribution in [0.3, 0.4) is 0 Å². The zero-order valence-corrected chi connectivity index (χ0v) is 14.8. The Kier molecular flexibility index (Phi) is 13.2. The van der Waals surface area contributed by atoms with Gasteiger partial charge >= 0.3 is 0 Å². The van der Waals surface area contributed by atoms with Gasteiger partial charge in [-0.3, -0.25) is 4.98 Å². The molecule has 1 heterocycles. The quantitative estimate of drug-likeness (QED) is 0.653. The summed E-state index contributed by atoms with van der Waals surface area (Å²) >= 11 is 0. The summed E-state index contributed by atoms with van der Waals surface area (Å²) in [5.74, 6) is 0. The predicted molar refractivity (Wildman–Crippen MR) is 97.9 cm³/mol. The maximum atomic E-state index is 5.03. The molecule has 0 aromatic carbocycles. The number of aromatic nitrogens is 1. The molecule has 1 aromatic rings. The molecular weight excluding hydrogens is 270 g/mol. The van der Waals surface area contributed by atoms with Crippen LogP contribution >= 0.6 is 0 Å². The van der Waals surface area contributed by atoms with Gasteiger partial charge in [-0.25, -0.2) is 0 Å². The molecule has 1 aliphatic carbocycles. The Hall–Kier alpha value is -1.67. The Balaban J connectivity index is 0.000000789. The first kappa shape index (κ1) is 20.3. The van der Waals surface area contributed by atoms with E-state index >= 15 is 0 Å². The van der Waals surface area contributed by atoms with Crippen molar-refractivity contribution in [3.05, 3.63) is 60.0 Å². The molecule has 2 nitrogen and oxygen atoms in total. The van der Waals surface area contributed by atoms with E-state index in [-0.39, 0.29) is 0 Å². The summed E-state index contributed by atoms with van der Waals surface area (Å²) in [6.45, 7) is 9.04. The van der Waals surface area contributed by atoms with Gasteiger partial charge in [-0.1, -0.05) is 58.4 Å². The van der Waals surface area contributed by atoms with Gasteiger partial charge in [0.2, 0.25) is 0 Å². The van der Waals surface area contributed by atoms with E-state index in [1.54, 1.807) is 7.11 Å². The van der Waals surface area contributed by atoms with E-state index in [1.165, 1.54) is 23.1 Å². The molecule has 2 rings (SSSR count). The van der Waals surface area contributed by atoms with Crippen molar-refractivity contribution in [2.24, 2.45) is 0 Å². The van der Waals surface area contributed by atoms with Crippen LogP contribution in [0.25, 0.3) is 5.57 Å². The topological polar surface area (TPSA) is 22.1 Å². The minimum atomic E-state index is 0.790. The average molecular weight is 301 g/mol. The van der Waals surface area contributed by atoms with Gasteiger partial charge in [-0.2, -0.15) is 0 Å². The van der Waals surface area contributed by atoms with E-state index in [2.05, 4.69) is 43.1 Å². The summed E-state index contributed by atoms with van der Waals surface area (Å²) in [5.41, 5.74) is 3.86. The summed E-state index contributed by atoms with van der Waals surface area (Å²) in [7, 11) is 1.73. The third-order valence-electron chi connectivity index (χ3n) is 2.78. The molecule has 0 unspecified atom stereocenters. The van der Waals surface area contributed by atoms with Crippen LogP contribution in [0, 0.1) is 0 Å². The van der Waals surface area contributed by atoms with Gasteiger partial charge < -0.3 is 4.74 Å². The van der Waals surface area contributed by atoms with Crippen molar-refractivity contribution in [1.82, 2.24) is 4.98 Å². The SMILES string of the molecule is CC.CCC.COCC/C=C1/C=CC(c2ccncc2)=CC1. The fourth-order valence-corrected chi connectivity index (χ4v) is 1.83. The first-order valence-corrected chi connectivity index (χ1v) is 8.28. The standard InChI is InChI=1S/C15H17NO.C3H8.C2H6/c1-17-12-2-3-13-4-6-14(7-5-13)15-8-10-16-11-9-15;1-3-2;1-2/h3-4,6-11H,2,5,12H2,1H3;3H2,1-2H3;1-2H3/b13-3-;;. The van der Waals surface area contributed by atoms with Crippen LogP contribution in [0.1, 0.15) is 52.5 Å². The predicted octanol–water partition coefficient (Wildman–Crippen LogP) is 5.83. The lowest BCUT2D eigenvalue weighted by atomic mass is 9.97. The van der Waals surface area contributed by atoms with E-state index in [9.17, 15) is 0 Å². The third-order valence-corrected chi connectivity index (χ3v) is 2.78. The summed E-state index contributed by atoms with van der Waals surface area (Å²) in [6, 6.07) is 4.08. The second-order valence-corrected chi connectivity index (χ2v) is 4.70. The summed E-state index contributed by atoms with van der Waals surface area (Å²) in [5, 5.41) is 0. The average Bonchev–Trinajstić information content (AvgIpc) is 2.59. The molecule has 0 N–H and O–H groups in total. The lowest BCUT2D eigenvalue weighted by Crippen LogP contribution is -1.91. The third kappa shape index (κ3) is 8.58. The fourth-order valence-electron chi connectivity index (χ4n) is 1.83. The van der Waals surface area contributed by atoms with E-state index in [0.29, 0.717) is 0 Å². The highest BCUT2D eigenvalue weighted by atomic mass is 16.5. The van der Waals surface area contributed by atoms with Gasteiger partial charge in [0.25, 0.3) is 0 Å². The molecular formula is C20H31NO. The van der Waals surface area contributed by atoms with E-state index in [0.717, 1.165) is 19.4 Å². The molecule has 0 amide bonds. The summed E-state index contributed by atoms with van der Waals surface area (Å²) in [4.78, 5) is 4.03. The van der Waals surface area contributed by atoms with Crippen LogP contribution in [0.2, 0.25) is 0 Å². The normalized spacial score (nSPS) is 14.4. The molecule has 0 radical (unpaired) electrons. The van der Waals surface area contributed by atoms with Crippen LogP contribution in [0.15, 0.2) is 54.4 Å². The number of hydrogen-bond acceptors (Lipinski definition) is 2. The van der Waals surface area contributed by atoms with Crippen molar-refractivity contribution < 1.29 is 4.74 Å². The first-order chi connectivity index (χ1) is 10.8. The number of nitrogens with zero attached hydrogens (tertiary/aromatic N) is 1. The molecule has 0 saturated heterocycles. The van der Waals surface area contributed by atoms with Crippen molar-refractivity contribution >= 4 is 5.57 Å². The Bertz CT molecular complexity index is 458. The van der Waals surface area contributed by atoms with Crippen LogP contribution in [-0.4, -0.2) is 18.7 Å². The lowest BCUT2D eigenvalue weighted by molar-refractivity contribution is 0.204. The zero-order chi connectivity index (χ0) is 16.6. The lowest BCUT2D eigenvalue weighted by Gasteiger charge is -2.09. The number of pyridine rings is 1. The molecule has 0 bridgehead atoms. The van der Waals surface area contributed by atoms with Gasteiger partial charge in [-0.05, 0) is 41.7 Å². The molecule has 2 heteroatoms. The zero-order valence-electron chi connectivity index (χ0n) is 14.8. The second-order valence-electron chi connectivity index (χ2n) is 4.70. The Morgan fingerprint density at radius 2 is 1.77 bits per heavy atom. The Morgan fingerprint density at radius 1 is 1.14 bits per heavy atom. The highest BCUT2D eigenvalue weighted by molar-refractivity contribution is 5.76. The maximum absolute atomic E-state index is 5.03. The molecule has 0 aliphatic heterocycles. The molecule has 1 aliphatic rings. The minimum Gasteiger partial charge on any atom is -0.384 e. The summed E-state index contributed by atoms with van der Waals surface area (Å²) < 4.78 is 5.03. The highest BCUT2D eigenvalue weighted by Gasteiger charge is 2.02. The number of rotatable bonds is 4. The molecule has 22 heavy (non-hydrogen) atoms. The minimum absolute atomic E-state index is 0.790. The second kappa shape index (κ2) is 14.3. The van der Waals surface area contributed by atoms with Crippen molar-refractivity contribution in [1.29, 1.82) is 0 Å². The fraction of sp³-hybridized carbons (Fsp3) is 0.450. The molecule has 0 spiro atoms. The van der Waals surface area contributed by atoms with Crippen LogP contribution in [0.5, 0.6) is 0 Å². The molecule has 1 aromatic heterocycles. The van der Waals surface area contributed by atoms with Crippen molar-refractivity contribution in [2.75, 3.05) is 13.7 Å². The number of methoxy groups -OCH3 is 1. The number of hydrogen-bond donors (Lipinski definition) is 0. The van der Waals surface area contributed by atoms with Gasteiger partial charge in [0.05, 0.1) is 0 Å². The summed E-state index contributed by atoms with van der Waals surface area (Å²) in [6.07, 6.45) is 15.7. The highest BCUT2D eigenvalue weighted by Crippen LogP contribution is 2.23. The van der Waals surface area contributed by atoms with E-state index in [4.69, 9.17) is 4.74 Å².